The van der Waals surface area contributed by atoms with Crippen molar-refractivity contribution in [1.82, 2.24) is 34.7 Å². The number of fused-ring (bicyclic) bond motifs is 2. The highest BCUT2D eigenvalue weighted by atomic mass is 16.2. The lowest BCUT2D eigenvalue weighted by Crippen LogP contribution is -2.53. The molecule has 5 aromatic rings. The first-order valence-corrected chi connectivity index (χ1v) is 13.7. The van der Waals surface area contributed by atoms with Gasteiger partial charge in [-0.3, -0.25) is 9.59 Å². The summed E-state index contributed by atoms with van der Waals surface area (Å²) >= 11 is 0. The number of aromatic nitrogens is 5. The summed E-state index contributed by atoms with van der Waals surface area (Å²) < 4.78 is 0. The summed E-state index contributed by atoms with van der Waals surface area (Å²) in [7, 11) is 0. The summed E-state index contributed by atoms with van der Waals surface area (Å²) in [6.07, 6.45) is 6.98. The van der Waals surface area contributed by atoms with Crippen molar-refractivity contribution < 1.29 is 9.59 Å². The van der Waals surface area contributed by atoms with Crippen molar-refractivity contribution in [1.29, 1.82) is 0 Å². The van der Waals surface area contributed by atoms with Crippen LogP contribution in [0, 0.1) is 0 Å². The zero-order valence-electron chi connectivity index (χ0n) is 22.2. The molecule has 5 heterocycles. The summed E-state index contributed by atoms with van der Waals surface area (Å²) in [6.45, 7) is 1.05. The number of amides is 2. The monoisotopic (exact) mass is 544 g/mol. The third-order valence-corrected chi connectivity index (χ3v) is 7.79. The Kier molecular flexibility index (Phi) is 6.07. The number of carbonyl (C=O) groups is 2. The fourth-order valence-corrected chi connectivity index (χ4v) is 5.78. The van der Waals surface area contributed by atoms with Crippen LogP contribution in [0.25, 0.3) is 39.3 Å². The first kappa shape index (κ1) is 24.8. The van der Waals surface area contributed by atoms with Crippen LogP contribution in [0.15, 0.2) is 85.0 Å². The molecule has 10 nitrogen and oxygen atoms in total. The lowest BCUT2D eigenvalue weighted by molar-refractivity contribution is -0.121. The Labute approximate surface area is 235 Å². The van der Waals surface area contributed by atoms with Crippen LogP contribution < -0.4 is 5.73 Å². The molecule has 1 fully saturated rings. The molecule has 3 aromatic heterocycles. The predicted octanol–water partition coefficient (Wildman–Crippen LogP) is 3.87. The third-order valence-electron chi connectivity index (χ3n) is 7.79. The fraction of sp³-hybridized carbons (Fsp3) is 0.194. The van der Waals surface area contributed by atoms with E-state index in [1.54, 1.807) is 6.07 Å². The molecule has 10 heteroatoms. The number of hydrogen-bond acceptors (Lipinski definition) is 6. The van der Waals surface area contributed by atoms with E-state index in [0.717, 1.165) is 27.8 Å². The van der Waals surface area contributed by atoms with Crippen LogP contribution in [0.1, 0.15) is 29.2 Å². The number of nitrogens with one attached hydrogen (secondary N) is 2. The molecule has 1 saturated heterocycles. The number of piperidine rings is 1. The van der Waals surface area contributed by atoms with Crippen LogP contribution in [0.4, 0.5) is 0 Å². The number of aromatic amines is 2. The van der Waals surface area contributed by atoms with Gasteiger partial charge >= 0.3 is 0 Å². The smallest absolute Gasteiger partial charge is 0.272 e. The van der Waals surface area contributed by atoms with Gasteiger partial charge in [0.25, 0.3) is 5.91 Å². The Bertz CT molecular complexity index is 1780. The van der Waals surface area contributed by atoms with Crippen molar-refractivity contribution in [2.24, 2.45) is 5.73 Å². The van der Waals surface area contributed by atoms with Gasteiger partial charge in [0.2, 0.25) is 5.91 Å². The lowest BCUT2D eigenvalue weighted by atomic mass is 9.97. The normalized spacial score (nSPS) is 17.8. The molecule has 2 aliphatic heterocycles. The van der Waals surface area contributed by atoms with Gasteiger partial charge in [0.05, 0.1) is 27.8 Å². The molecule has 0 saturated carbocycles. The van der Waals surface area contributed by atoms with Gasteiger partial charge in [-0.25, -0.2) is 15.0 Å². The van der Waals surface area contributed by atoms with Crippen LogP contribution in [-0.2, 0) is 4.79 Å². The second kappa shape index (κ2) is 10.1. The van der Waals surface area contributed by atoms with Gasteiger partial charge in [-0.1, -0.05) is 42.5 Å². The Hall–Kier alpha value is -5.25. The second-order valence-corrected chi connectivity index (χ2v) is 10.3. The summed E-state index contributed by atoms with van der Waals surface area (Å²) in [5, 5.41) is 0. The van der Waals surface area contributed by atoms with Gasteiger partial charge in [-0.15, -0.1) is 0 Å². The average molecular weight is 545 g/mol. The quantitative estimate of drug-likeness (QED) is 0.307. The molecule has 7 rings (SSSR count). The molecular formula is C31H28N8O2. The van der Waals surface area contributed by atoms with Crippen LogP contribution in [0.5, 0.6) is 0 Å². The van der Waals surface area contributed by atoms with Gasteiger partial charge in [-0.2, -0.15) is 0 Å². The minimum atomic E-state index is -0.599. The summed E-state index contributed by atoms with van der Waals surface area (Å²) in [5.41, 5.74) is 11.2. The van der Waals surface area contributed by atoms with Gasteiger partial charge in [0.1, 0.15) is 17.4 Å². The van der Waals surface area contributed by atoms with Crippen molar-refractivity contribution in [2.45, 2.75) is 24.9 Å². The standard InChI is InChI=1S/C31H28N8O2/c32-28(40)26-13-6-14-27(30-36-22-9-3-4-10-23(22)37-30)39(26)19-15-17-38(18-16-19)31(41)25-12-5-11-24(33-25)29-34-20-7-1-2-8-21(20)35-29/h1-14,19,26H,15-18H2,(H2,32,40)(H,34,35)(H,36,37). The molecule has 1 atom stereocenters. The fourth-order valence-electron chi connectivity index (χ4n) is 5.78. The van der Waals surface area contributed by atoms with Crippen LogP contribution in [0.2, 0.25) is 0 Å². The van der Waals surface area contributed by atoms with E-state index < -0.39 is 11.9 Å². The zero-order chi connectivity index (χ0) is 27.9. The maximum atomic E-state index is 13.5. The predicted molar refractivity (Wildman–Crippen MR) is 156 cm³/mol. The Morgan fingerprint density at radius 3 is 2.15 bits per heavy atom. The second-order valence-electron chi connectivity index (χ2n) is 10.3. The minimum absolute atomic E-state index is 0.00388. The Balaban J connectivity index is 1.10. The van der Waals surface area contributed by atoms with E-state index in [1.807, 2.05) is 83.8 Å². The number of carbonyl (C=O) groups excluding carboxylic acids is 2. The summed E-state index contributed by atoms with van der Waals surface area (Å²) in [4.78, 5) is 50.6. The number of para-hydroxylation sites is 4. The number of primary amides is 1. The van der Waals surface area contributed by atoms with Gasteiger partial charge in [0, 0.05) is 19.1 Å². The highest BCUT2D eigenvalue weighted by molar-refractivity contribution is 5.93. The van der Waals surface area contributed by atoms with Gasteiger partial charge < -0.3 is 25.5 Å². The van der Waals surface area contributed by atoms with E-state index in [-0.39, 0.29) is 11.9 Å². The third kappa shape index (κ3) is 4.53. The number of hydrogen-bond donors (Lipinski definition) is 3. The van der Waals surface area contributed by atoms with Crippen LogP contribution in [0.3, 0.4) is 0 Å². The maximum Gasteiger partial charge on any atom is 0.272 e. The van der Waals surface area contributed by atoms with E-state index in [9.17, 15) is 9.59 Å². The molecule has 2 aromatic carbocycles. The minimum Gasteiger partial charge on any atom is -0.368 e. The molecule has 4 N–H and O–H groups in total. The number of rotatable bonds is 5. The van der Waals surface area contributed by atoms with Gasteiger partial charge in [-0.05, 0) is 55.3 Å². The number of pyridine rings is 1. The van der Waals surface area contributed by atoms with Crippen molar-refractivity contribution in [3.8, 4) is 11.5 Å². The number of H-pyrrole nitrogens is 2. The van der Waals surface area contributed by atoms with E-state index in [0.29, 0.717) is 49.0 Å². The Morgan fingerprint density at radius 2 is 1.46 bits per heavy atom. The topological polar surface area (TPSA) is 137 Å². The first-order chi connectivity index (χ1) is 20.0. The average Bonchev–Trinajstić information content (AvgIpc) is 3.65. The molecule has 1 unspecified atom stereocenters. The molecule has 0 bridgehead atoms. The molecule has 2 aliphatic rings. The number of likely N-dealkylation sites (tertiary alicyclic amines) is 1. The molecule has 0 aliphatic carbocycles. The lowest BCUT2D eigenvalue weighted by Gasteiger charge is -2.43. The molecule has 204 valence electrons. The first-order valence-electron chi connectivity index (χ1n) is 13.7. The van der Waals surface area contributed by atoms with Crippen molar-refractivity contribution in [3.05, 3.63) is 96.5 Å². The molecule has 0 spiro atoms. The molecule has 41 heavy (non-hydrogen) atoms. The van der Waals surface area contributed by atoms with Crippen LogP contribution >= 0.6 is 0 Å². The van der Waals surface area contributed by atoms with Crippen molar-refractivity contribution in [3.63, 3.8) is 0 Å². The van der Waals surface area contributed by atoms with E-state index in [2.05, 4.69) is 24.8 Å². The van der Waals surface area contributed by atoms with E-state index in [1.165, 1.54) is 0 Å². The SMILES string of the molecule is NC(=O)C1C=CC=C(c2nc3ccccc3[nH]2)N1C1CCN(C(=O)c2cccc(-c3nc4ccccc4[nH]3)n2)CC1. The summed E-state index contributed by atoms with van der Waals surface area (Å²) in [5.74, 6) is 0.763. The van der Waals surface area contributed by atoms with Crippen molar-refractivity contribution in [2.75, 3.05) is 13.1 Å². The molecule has 2 amide bonds. The largest absolute Gasteiger partial charge is 0.368 e. The summed E-state index contributed by atoms with van der Waals surface area (Å²) in [6, 6.07) is 20.4. The maximum absolute atomic E-state index is 13.5. The zero-order valence-corrected chi connectivity index (χ0v) is 22.2. The molecule has 0 radical (unpaired) electrons. The van der Waals surface area contributed by atoms with E-state index >= 15 is 0 Å². The number of nitrogens with zero attached hydrogens (tertiary/aromatic N) is 5. The number of benzene rings is 2. The molecular weight excluding hydrogens is 516 g/mol. The number of imidazole rings is 2. The highest BCUT2D eigenvalue weighted by Crippen LogP contribution is 2.32. The number of allylic oxidation sites excluding steroid dienone is 2. The van der Waals surface area contributed by atoms with Crippen LogP contribution in [-0.4, -0.2) is 71.7 Å². The highest BCUT2D eigenvalue weighted by Gasteiger charge is 2.36. The van der Waals surface area contributed by atoms with Crippen molar-refractivity contribution >= 4 is 39.6 Å². The number of nitrogens with two attached hydrogens (primary N) is 1. The van der Waals surface area contributed by atoms with Gasteiger partial charge in [0.15, 0.2) is 11.6 Å². The Morgan fingerprint density at radius 1 is 0.805 bits per heavy atom. The van der Waals surface area contributed by atoms with E-state index in [4.69, 9.17) is 10.7 Å².